The van der Waals surface area contributed by atoms with E-state index < -0.39 is 11.7 Å². The first-order chi connectivity index (χ1) is 9.41. The SMILES string of the molecule is CCNC(c1cccc(C(F)(F)F)c1)c1csc(Br)c1. The van der Waals surface area contributed by atoms with Crippen molar-refractivity contribution in [1.82, 2.24) is 5.32 Å². The van der Waals surface area contributed by atoms with Gasteiger partial charge in [0.1, 0.15) is 0 Å². The normalized spacial score (nSPS) is 13.4. The lowest BCUT2D eigenvalue weighted by Gasteiger charge is -2.19. The molecule has 1 aromatic carbocycles. The van der Waals surface area contributed by atoms with Gasteiger partial charge >= 0.3 is 6.18 Å². The van der Waals surface area contributed by atoms with Crippen LogP contribution in [0.15, 0.2) is 39.5 Å². The van der Waals surface area contributed by atoms with Crippen LogP contribution in [0.4, 0.5) is 13.2 Å². The van der Waals surface area contributed by atoms with Gasteiger partial charge in [0.15, 0.2) is 0 Å². The van der Waals surface area contributed by atoms with Crippen molar-refractivity contribution < 1.29 is 13.2 Å². The maximum Gasteiger partial charge on any atom is 0.416 e. The maximum absolute atomic E-state index is 12.8. The van der Waals surface area contributed by atoms with E-state index in [1.807, 2.05) is 18.4 Å². The molecular formula is C14H13BrF3NS. The van der Waals surface area contributed by atoms with Crippen LogP contribution < -0.4 is 5.32 Å². The fraction of sp³-hybridized carbons (Fsp3) is 0.286. The lowest BCUT2D eigenvalue weighted by molar-refractivity contribution is -0.137. The third-order valence-electron chi connectivity index (χ3n) is 2.88. The highest BCUT2D eigenvalue weighted by atomic mass is 79.9. The monoisotopic (exact) mass is 363 g/mol. The number of hydrogen-bond acceptors (Lipinski definition) is 2. The number of nitrogens with one attached hydrogen (secondary N) is 1. The van der Waals surface area contributed by atoms with Crippen LogP contribution in [0.5, 0.6) is 0 Å². The molecule has 1 aromatic heterocycles. The standard InChI is InChI=1S/C14H13BrF3NS/c1-2-19-13(10-7-12(15)20-8-10)9-4-3-5-11(6-9)14(16,17)18/h3-8,13,19H,2H2,1H3. The van der Waals surface area contributed by atoms with Gasteiger partial charge in [-0.1, -0.05) is 19.1 Å². The summed E-state index contributed by atoms with van der Waals surface area (Å²) in [5.41, 5.74) is 0.960. The predicted molar refractivity (Wildman–Crippen MR) is 79.0 cm³/mol. The van der Waals surface area contributed by atoms with E-state index in [4.69, 9.17) is 0 Å². The highest BCUT2D eigenvalue weighted by molar-refractivity contribution is 9.11. The molecule has 0 bridgehead atoms. The van der Waals surface area contributed by atoms with Gasteiger partial charge in [0.25, 0.3) is 0 Å². The van der Waals surface area contributed by atoms with Gasteiger partial charge in [-0.25, -0.2) is 0 Å². The number of rotatable bonds is 4. The lowest BCUT2D eigenvalue weighted by atomic mass is 9.99. The van der Waals surface area contributed by atoms with E-state index in [2.05, 4.69) is 21.2 Å². The maximum atomic E-state index is 12.8. The summed E-state index contributed by atoms with van der Waals surface area (Å²) in [4.78, 5) is 0. The fourth-order valence-corrected chi connectivity index (χ4v) is 3.20. The molecule has 0 fully saturated rings. The Balaban J connectivity index is 2.39. The molecule has 1 nitrogen and oxygen atoms in total. The summed E-state index contributed by atoms with van der Waals surface area (Å²) in [6.45, 7) is 2.61. The number of halogens is 4. The van der Waals surface area contributed by atoms with Crippen molar-refractivity contribution in [3.63, 3.8) is 0 Å². The van der Waals surface area contributed by atoms with Crippen LogP contribution in [-0.4, -0.2) is 6.54 Å². The van der Waals surface area contributed by atoms with Gasteiger partial charge in [0, 0.05) is 0 Å². The van der Waals surface area contributed by atoms with Crippen molar-refractivity contribution >= 4 is 27.3 Å². The van der Waals surface area contributed by atoms with Crippen molar-refractivity contribution in [1.29, 1.82) is 0 Å². The van der Waals surface area contributed by atoms with E-state index in [9.17, 15) is 13.2 Å². The third-order valence-corrected chi connectivity index (χ3v) is 4.40. The minimum atomic E-state index is -4.32. The molecule has 0 aliphatic heterocycles. The molecular weight excluding hydrogens is 351 g/mol. The topological polar surface area (TPSA) is 12.0 Å². The second-order valence-corrected chi connectivity index (χ2v) is 6.59. The minimum Gasteiger partial charge on any atom is -0.307 e. The first kappa shape index (κ1) is 15.5. The molecule has 2 rings (SSSR count). The van der Waals surface area contributed by atoms with Crippen LogP contribution in [0.2, 0.25) is 0 Å². The van der Waals surface area contributed by atoms with Gasteiger partial charge in [-0.05, 0) is 57.2 Å². The Morgan fingerprint density at radius 3 is 2.55 bits per heavy atom. The predicted octanol–water partition coefficient (Wildman–Crippen LogP) is 5.23. The Labute approximate surface area is 128 Å². The first-order valence-electron chi connectivity index (χ1n) is 6.06. The Hall–Kier alpha value is -0.850. The summed E-state index contributed by atoms with van der Waals surface area (Å²) in [5.74, 6) is 0. The summed E-state index contributed by atoms with van der Waals surface area (Å²) in [7, 11) is 0. The molecule has 1 N–H and O–H groups in total. The lowest BCUT2D eigenvalue weighted by Crippen LogP contribution is -2.22. The van der Waals surface area contributed by atoms with Crippen LogP contribution in [0.1, 0.15) is 29.7 Å². The van der Waals surface area contributed by atoms with E-state index in [0.717, 1.165) is 15.4 Å². The molecule has 6 heteroatoms. The third kappa shape index (κ3) is 3.62. The van der Waals surface area contributed by atoms with Crippen molar-refractivity contribution in [2.24, 2.45) is 0 Å². The largest absolute Gasteiger partial charge is 0.416 e. The molecule has 1 heterocycles. The zero-order valence-corrected chi connectivity index (χ0v) is 13.1. The number of benzene rings is 1. The van der Waals surface area contributed by atoms with Gasteiger partial charge in [-0.3, -0.25) is 0 Å². The van der Waals surface area contributed by atoms with Crippen LogP contribution in [0.25, 0.3) is 0 Å². The van der Waals surface area contributed by atoms with Crippen molar-refractivity contribution in [3.05, 3.63) is 56.2 Å². The Bertz CT molecular complexity index is 580. The van der Waals surface area contributed by atoms with Gasteiger partial charge in [-0.2, -0.15) is 13.2 Å². The summed E-state index contributed by atoms with van der Waals surface area (Å²) in [6, 6.07) is 7.16. The number of hydrogen-bond donors (Lipinski definition) is 1. The summed E-state index contributed by atoms with van der Waals surface area (Å²) < 4.78 is 39.4. The van der Waals surface area contributed by atoms with Crippen LogP contribution in [0, 0.1) is 0 Å². The molecule has 1 atom stereocenters. The molecule has 0 radical (unpaired) electrons. The average molecular weight is 364 g/mol. The molecule has 20 heavy (non-hydrogen) atoms. The van der Waals surface area contributed by atoms with Crippen LogP contribution in [-0.2, 0) is 6.18 Å². The van der Waals surface area contributed by atoms with E-state index in [1.165, 1.54) is 23.5 Å². The van der Waals surface area contributed by atoms with E-state index in [0.29, 0.717) is 12.1 Å². The molecule has 0 saturated heterocycles. The van der Waals surface area contributed by atoms with E-state index in [1.54, 1.807) is 6.07 Å². The highest BCUT2D eigenvalue weighted by Gasteiger charge is 2.31. The van der Waals surface area contributed by atoms with Crippen LogP contribution in [0.3, 0.4) is 0 Å². The molecule has 0 saturated carbocycles. The highest BCUT2D eigenvalue weighted by Crippen LogP contribution is 2.33. The van der Waals surface area contributed by atoms with Gasteiger partial charge in [0.05, 0.1) is 15.4 Å². The quantitative estimate of drug-likeness (QED) is 0.784. The number of thiophene rings is 1. The van der Waals surface area contributed by atoms with Crippen molar-refractivity contribution in [3.8, 4) is 0 Å². The fourth-order valence-electron chi connectivity index (χ4n) is 2.00. The molecule has 0 spiro atoms. The van der Waals surface area contributed by atoms with E-state index in [-0.39, 0.29) is 6.04 Å². The first-order valence-corrected chi connectivity index (χ1v) is 7.73. The van der Waals surface area contributed by atoms with Crippen LogP contribution >= 0.6 is 27.3 Å². The summed E-state index contributed by atoms with van der Waals surface area (Å²) in [5, 5.41) is 5.17. The summed E-state index contributed by atoms with van der Waals surface area (Å²) in [6.07, 6.45) is -4.32. The molecule has 0 aliphatic carbocycles. The molecule has 108 valence electrons. The minimum absolute atomic E-state index is 0.232. The van der Waals surface area contributed by atoms with Gasteiger partial charge < -0.3 is 5.32 Å². The molecule has 0 aliphatic rings. The smallest absolute Gasteiger partial charge is 0.307 e. The molecule has 0 amide bonds. The van der Waals surface area contributed by atoms with Crippen molar-refractivity contribution in [2.45, 2.75) is 19.1 Å². The number of alkyl halides is 3. The Kier molecular flexibility index (Phi) is 4.88. The van der Waals surface area contributed by atoms with E-state index >= 15 is 0 Å². The molecule has 1 unspecified atom stereocenters. The Morgan fingerprint density at radius 2 is 2.00 bits per heavy atom. The van der Waals surface area contributed by atoms with Gasteiger partial charge in [-0.15, -0.1) is 11.3 Å². The second kappa shape index (κ2) is 6.28. The zero-order chi connectivity index (χ0) is 14.8. The van der Waals surface area contributed by atoms with Crippen molar-refractivity contribution in [2.75, 3.05) is 6.54 Å². The summed E-state index contributed by atoms with van der Waals surface area (Å²) >= 11 is 4.90. The Morgan fingerprint density at radius 1 is 1.25 bits per heavy atom. The van der Waals surface area contributed by atoms with Gasteiger partial charge in [0.2, 0.25) is 0 Å². The zero-order valence-electron chi connectivity index (χ0n) is 10.7. The molecule has 2 aromatic rings. The average Bonchev–Trinajstić information content (AvgIpc) is 2.81. The second-order valence-electron chi connectivity index (χ2n) is 4.30.